The molecule has 5 nitrogen and oxygen atoms in total. The van der Waals surface area contributed by atoms with Gasteiger partial charge >= 0.3 is 5.97 Å². The lowest BCUT2D eigenvalue weighted by Crippen LogP contribution is -2.04. The summed E-state index contributed by atoms with van der Waals surface area (Å²) in [6, 6.07) is 4.43. The second-order valence-corrected chi connectivity index (χ2v) is 4.92. The molecule has 0 bridgehead atoms. The van der Waals surface area contributed by atoms with Crippen LogP contribution in [0.1, 0.15) is 11.4 Å². The molecule has 0 aliphatic rings. The Morgan fingerprint density at radius 3 is 2.84 bits per heavy atom. The standard InChI is InChI=1S/C12H12FN3O2S/c1-7-3-4-9(13)5-10(7)16-8(2)14-15-12(16)19-6-11(17)18/h3-5H,6H2,1-2H3,(H,17,18). The minimum Gasteiger partial charge on any atom is -0.481 e. The van der Waals surface area contributed by atoms with Crippen LogP contribution in [0.5, 0.6) is 0 Å². The minimum absolute atomic E-state index is 0.119. The monoisotopic (exact) mass is 281 g/mol. The Hall–Kier alpha value is -1.89. The third-order valence-corrected chi connectivity index (χ3v) is 3.45. The average molecular weight is 281 g/mol. The first-order valence-corrected chi connectivity index (χ1v) is 6.50. The Kier molecular flexibility index (Phi) is 3.84. The van der Waals surface area contributed by atoms with Crippen LogP contribution < -0.4 is 0 Å². The van der Waals surface area contributed by atoms with E-state index >= 15 is 0 Å². The van der Waals surface area contributed by atoms with E-state index in [-0.39, 0.29) is 11.6 Å². The van der Waals surface area contributed by atoms with Crippen LogP contribution in [0.25, 0.3) is 5.69 Å². The van der Waals surface area contributed by atoms with Crippen molar-refractivity contribution in [3.63, 3.8) is 0 Å². The lowest BCUT2D eigenvalue weighted by Gasteiger charge is -2.10. The van der Waals surface area contributed by atoms with Gasteiger partial charge in [0.15, 0.2) is 5.16 Å². The normalized spacial score (nSPS) is 10.7. The van der Waals surface area contributed by atoms with Crippen LogP contribution in [0.3, 0.4) is 0 Å². The van der Waals surface area contributed by atoms with E-state index in [2.05, 4.69) is 10.2 Å². The number of carboxylic acid groups (broad SMARTS) is 1. The summed E-state index contributed by atoms with van der Waals surface area (Å²) < 4.78 is 15.0. The Bertz CT molecular complexity index is 627. The van der Waals surface area contributed by atoms with E-state index in [1.54, 1.807) is 17.6 Å². The van der Waals surface area contributed by atoms with Gasteiger partial charge in [-0.3, -0.25) is 9.36 Å². The summed E-state index contributed by atoms with van der Waals surface area (Å²) in [5.41, 5.74) is 1.48. The fourth-order valence-electron chi connectivity index (χ4n) is 1.66. The van der Waals surface area contributed by atoms with Gasteiger partial charge in [0.2, 0.25) is 0 Å². The number of halogens is 1. The maximum atomic E-state index is 13.4. The number of aromatic nitrogens is 3. The lowest BCUT2D eigenvalue weighted by molar-refractivity contribution is -0.133. The number of hydrogen-bond donors (Lipinski definition) is 1. The zero-order chi connectivity index (χ0) is 14.0. The molecule has 0 atom stereocenters. The highest BCUT2D eigenvalue weighted by Gasteiger charge is 2.15. The van der Waals surface area contributed by atoms with E-state index in [0.717, 1.165) is 17.3 Å². The van der Waals surface area contributed by atoms with Crippen molar-refractivity contribution >= 4 is 17.7 Å². The predicted octanol–water partition coefficient (Wildman–Crippen LogP) is 2.20. The molecule has 1 aromatic heterocycles. The molecule has 7 heteroatoms. The molecular formula is C12H12FN3O2S. The zero-order valence-corrected chi connectivity index (χ0v) is 11.2. The third kappa shape index (κ3) is 2.93. The summed E-state index contributed by atoms with van der Waals surface area (Å²) in [7, 11) is 0. The highest BCUT2D eigenvalue weighted by Crippen LogP contribution is 2.24. The van der Waals surface area contributed by atoms with E-state index < -0.39 is 5.97 Å². The molecule has 0 saturated heterocycles. The largest absolute Gasteiger partial charge is 0.481 e. The third-order valence-electron chi connectivity index (χ3n) is 2.53. The zero-order valence-electron chi connectivity index (χ0n) is 10.4. The molecule has 0 radical (unpaired) electrons. The fourth-order valence-corrected chi connectivity index (χ4v) is 2.37. The molecule has 0 saturated carbocycles. The Morgan fingerprint density at radius 2 is 2.16 bits per heavy atom. The maximum absolute atomic E-state index is 13.4. The van der Waals surface area contributed by atoms with Crippen molar-refractivity contribution in [2.45, 2.75) is 19.0 Å². The van der Waals surface area contributed by atoms with Gasteiger partial charge in [0.1, 0.15) is 11.6 Å². The first kappa shape index (κ1) is 13.5. The molecule has 0 fully saturated rings. The second kappa shape index (κ2) is 5.40. The summed E-state index contributed by atoms with van der Waals surface area (Å²) in [4.78, 5) is 10.6. The highest BCUT2D eigenvalue weighted by molar-refractivity contribution is 7.99. The number of nitrogens with zero attached hydrogens (tertiary/aromatic N) is 3. The van der Waals surface area contributed by atoms with Gasteiger partial charge in [-0.1, -0.05) is 17.8 Å². The van der Waals surface area contributed by atoms with E-state index in [1.807, 2.05) is 6.92 Å². The molecule has 1 N–H and O–H groups in total. The van der Waals surface area contributed by atoms with Crippen molar-refractivity contribution in [3.05, 3.63) is 35.4 Å². The van der Waals surface area contributed by atoms with Gasteiger partial charge in [0, 0.05) is 0 Å². The number of thioether (sulfide) groups is 1. The molecule has 19 heavy (non-hydrogen) atoms. The average Bonchev–Trinajstić information content (AvgIpc) is 2.71. The molecule has 1 heterocycles. The van der Waals surface area contributed by atoms with Crippen molar-refractivity contribution in [2.75, 3.05) is 5.75 Å². The fraction of sp³-hybridized carbons (Fsp3) is 0.250. The van der Waals surface area contributed by atoms with Crippen LogP contribution in [0.4, 0.5) is 4.39 Å². The Morgan fingerprint density at radius 1 is 1.42 bits per heavy atom. The quantitative estimate of drug-likeness (QED) is 0.870. The highest BCUT2D eigenvalue weighted by atomic mass is 32.2. The molecule has 0 aliphatic carbocycles. The molecule has 0 unspecified atom stereocenters. The van der Waals surface area contributed by atoms with Crippen molar-refractivity contribution in [2.24, 2.45) is 0 Å². The summed E-state index contributed by atoms with van der Waals surface area (Å²) >= 11 is 1.05. The van der Waals surface area contributed by atoms with Gasteiger partial charge in [0.25, 0.3) is 0 Å². The molecule has 2 aromatic rings. The number of carboxylic acids is 1. The smallest absolute Gasteiger partial charge is 0.313 e. The number of carbonyl (C=O) groups is 1. The summed E-state index contributed by atoms with van der Waals surface area (Å²) in [6.45, 7) is 3.59. The summed E-state index contributed by atoms with van der Waals surface area (Å²) in [5.74, 6) is -0.829. The molecule has 1 aromatic carbocycles. The first-order chi connectivity index (χ1) is 8.99. The predicted molar refractivity (Wildman–Crippen MR) is 69.2 cm³/mol. The van der Waals surface area contributed by atoms with E-state index in [4.69, 9.17) is 5.11 Å². The summed E-state index contributed by atoms with van der Waals surface area (Å²) in [5, 5.41) is 17.0. The number of benzene rings is 1. The van der Waals surface area contributed by atoms with Gasteiger partial charge in [-0.2, -0.15) is 0 Å². The molecule has 0 spiro atoms. The molecular weight excluding hydrogens is 269 g/mol. The summed E-state index contributed by atoms with van der Waals surface area (Å²) in [6.07, 6.45) is 0. The minimum atomic E-state index is -0.937. The molecule has 0 amide bonds. The number of aryl methyl sites for hydroxylation is 2. The van der Waals surface area contributed by atoms with Gasteiger partial charge < -0.3 is 5.11 Å². The second-order valence-electron chi connectivity index (χ2n) is 3.98. The SMILES string of the molecule is Cc1ccc(F)cc1-n1c(C)nnc1SCC(=O)O. The van der Waals surface area contributed by atoms with Crippen LogP contribution in [0.2, 0.25) is 0 Å². The lowest BCUT2D eigenvalue weighted by atomic mass is 10.2. The van der Waals surface area contributed by atoms with Crippen molar-refractivity contribution in [1.82, 2.24) is 14.8 Å². The topological polar surface area (TPSA) is 68.0 Å². The first-order valence-electron chi connectivity index (χ1n) is 5.52. The van der Waals surface area contributed by atoms with Crippen LogP contribution in [-0.2, 0) is 4.79 Å². The van der Waals surface area contributed by atoms with Crippen LogP contribution in [-0.4, -0.2) is 31.6 Å². The van der Waals surface area contributed by atoms with Crippen LogP contribution >= 0.6 is 11.8 Å². The van der Waals surface area contributed by atoms with E-state index in [0.29, 0.717) is 16.7 Å². The van der Waals surface area contributed by atoms with E-state index in [9.17, 15) is 9.18 Å². The number of aliphatic carboxylic acids is 1. The number of hydrogen-bond acceptors (Lipinski definition) is 4. The molecule has 0 aliphatic heterocycles. The number of rotatable bonds is 4. The Balaban J connectivity index is 2.46. The van der Waals surface area contributed by atoms with Gasteiger partial charge in [-0.25, -0.2) is 4.39 Å². The van der Waals surface area contributed by atoms with Crippen molar-refractivity contribution in [3.8, 4) is 5.69 Å². The molecule has 100 valence electrons. The van der Waals surface area contributed by atoms with Gasteiger partial charge in [-0.05, 0) is 31.5 Å². The van der Waals surface area contributed by atoms with Crippen LogP contribution in [0, 0.1) is 19.7 Å². The van der Waals surface area contributed by atoms with E-state index in [1.165, 1.54) is 12.1 Å². The van der Waals surface area contributed by atoms with Gasteiger partial charge in [-0.15, -0.1) is 10.2 Å². The maximum Gasteiger partial charge on any atom is 0.313 e. The Labute approximate surface area is 113 Å². The van der Waals surface area contributed by atoms with Crippen molar-refractivity contribution < 1.29 is 14.3 Å². The van der Waals surface area contributed by atoms with Gasteiger partial charge in [0.05, 0.1) is 11.4 Å². The van der Waals surface area contributed by atoms with Crippen molar-refractivity contribution in [1.29, 1.82) is 0 Å². The molecule has 2 rings (SSSR count). The van der Waals surface area contributed by atoms with Crippen LogP contribution in [0.15, 0.2) is 23.4 Å².